The molecule has 0 spiro atoms. The lowest BCUT2D eigenvalue weighted by Gasteiger charge is -2.18. The van der Waals surface area contributed by atoms with Gasteiger partial charge >= 0.3 is 5.97 Å². The molecule has 0 aliphatic carbocycles. The average Bonchev–Trinajstić information content (AvgIpc) is 2.74. The number of hydrogen-bond donors (Lipinski definition) is 1. The van der Waals surface area contributed by atoms with E-state index in [2.05, 4.69) is 5.32 Å². The summed E-state index contributed by atoms with van der Waals surface area (Å²) < 4.78 is 18.5. The van der Waals surface area contributed by atoms with Crippen LogP contribution in [0.15, 0.2) is 78.9 Å². The van der Waals surface area contributed by atoms with E-state index in [1.807, 2.05) is 0 Å². The Morgan fingerprint density at radius 2 is 1.60 bits per heavy atom. The molecule has 8 heteroatoms. The van der Waals surface area contributed by atoms with Gasteiger partial charge in [-0.05, 0) is 24.3 Å². The van der Waals surface area contributed by atoms with Crippen LogP contribution < -0.4 is 5.32 Å². The minimum absolute atomic E-state index is 0.179. The number of esters is 1. The zero-order valence-electron chi connectivity index (χ0n) is 15.7. The molecule has 1 amide bonds. The van der Waals surface area contributed by atoms with Gasteiger partial charge in [0.25, 0.3) is 11.6 Å². The molecule has 0 unspecified atom stereocenters. The smallest absolute Gasteiger partial charge is 0.311 e. The topological polar surface area (TPSA) is 98.5 Å². The summed E-state index contributed by atoms with van der Waals surface area (Å²) in [5, 5.41) is 13.7. The number of carbonyl (C=O) groups excluding carboxylic acids is 2. The molecule has 7 nitrogen and oxygen atoms in total. The minimum Gasteiger partial charge on any atom is -0.447 e. The molecule has 0 fully saturated rings. The Bertz CT molecular complexity index is 1050. The molecule has 0 aliphatic rings. The molecule has 0 saturated heterocycles. The van der Waals surface area contributed by atoms with Crippen LogP contribution in [0.3, 0.4) is 0 Å². The fourth-order valence-electron chi connectivity index (χ4n) is 2.81. The minimum atomic E-state index is -1.29. The molecule has 1 N–H and O–H groups in total. The molecule has 152 valence electrons. The van der Waals surface area contributed by atoms with Crippen molar-refractivity contribution in [1.82, 2.24) is 0 Å². The molecule has 0 saturated carbocycles. The predicted octanol–water partition coefficient (Wildman–Crippen LogP) is 4.20. The van der Waals surface area contributed by atoms with Gasteiger partial charge in [0.15, 0.2) is 0 Å². The van der Waals surface area contributed by atoms with Crippen molar-refractivity contribution in [3.8, 4) is 0 Å². The first-order chi connectivity index (χ1) is 14.4. The van der Waals surface area contributed by atoms with Crippen LogP contribution in [0.25, 0.3) is 0 Å². The molecule has 30 heavy (non-hydrogen) atoms. The summed E-state index contributed by atoms with van der Waals surface area (Å²) in [6.07, 6.45) is -1.66. The number of rotatable bonds is 7. The van der Waals surface area contributed by atoms with Gasteiger partial charge in [-0.25, -0.2) is 4.39 Å². The van der Waals surface area contributed by atoms with E-state index in [1.54, 1.807) is 36.4 Å². The van der Waals surface area contributed by atoms with Gasteiger partial charge in [-0.15, -0.1) is 0 Å². The second-order valence-electron chi connectivity index (χ2n) is 6.34. The number of amides is 1. The van der Waals surface area contributed by atoms with E-state index in [1.165, 1.54) is 42.5 Å². The number of hydrogen-bond acceptors (Lipinski definition) is 5. The van der Waals surface area contributed by atoms with E-state index in [0.29, 0.717) is 11.3 Å². The summed E-state index contributed by atoms with van der Waals surface area (Å²) in [5.41, 5.74) is 0.727. The first-order valence-corrected chi connectivity index (χ1v) is 8.97. The molecular weight excluding hydrogens is 391 g/mol. The highest BCUT2D eigenvalue weighted by molar-refractivity contribution is 5.96. The highest BCUT2D eigenvalue weighted by Gasteiger charge is 2.26. The van der Waals surface area contributed by atoms with Gasteiger partial charge < -0.3 is 10.1 Å². The van der Waals surface area contributed by atoms with Gasteiger partial charge in [0.2, 0.25) is 6.10 Å². The van der Waals surface area contributed by atoms with Crippen LogP contribution in [-0.4, -0.2) is 16.8 Å². The van der Waals surface area contributed by atoms with E-state index in [0.717, 1.165) is 0 Å². The third kappa shape index (κ3) is 5.26. The fraction of sp³-hybridized carbons (Fsp3) is 0.0909. The van der Waals surface area contributed by atoms with E-state index >= 15 is 0 Å². The molecule has 3 aromatic carbocycles. The second-order valence-corrected chi connectivity index (χ2v) is 6.34. The van der Waals surface area contributed by atoms with Crippen LogP contribution in [0.4, 0.5) is 15.8 Å². The van der Waals surface area contributed by atoms with E-state index < -0.39 is 28.7 Å². The van der Waals surface area contributed by atoms with Gasteiger partial charge in [0.05, 0.1) is 11.3 Å². The number of nitrogens with one attached hydrogen (secondary N) is 1. The van der Waals surface area contributed by atoms with Crippen LogP contribution in [0.2, 0.25) is 0 Å². The van der Waals surface area contributed by atoms with Crippen LogP contribution in [-0.2, 0) is 20.7 Å². The summed E-state index contributed by atoms with van der Waals surface area (Å²) in [4.78, 5) is 35.8. The van der Waals surface area contributed by atoms with Crippen molar-refractivity contribution in [2.45, 2.75) is 12.5 Å². The van der Waals surface area contributed by atoms with Crippen molar-refractivity contribution >= 4 is 23.3 Å². The Morgan fingerprint density at radius 3 is 2.27 bits per heavy atom. The number of anilines is 1. The largest absolute Gasteiger partial charge is 0.447 e. The summed E-state index contributed by atoms with van der Waals surface area (Å²) in [6, 6.07) is 19.3. The highest BCUT2D eigenvalue weighted by atomic mass is 19.1. The highest BCUT2D eigenvalue weighted by Crippen LogP contribution is 2.23. The van der Waals surface area contributed by atoms with Crippen molar-refractivity contribution in [2.24, 2.45) is 0 Å². The van der Waals surface area contributed by atoms with Crippen molar-refractivity contribution in [3.63, 3.8) is 0 Å². The number of carbonyl (C=O) groups is 2. The molecular formula is C22H17FN2O5. The lowest BCUT2D eigenvalue weighted by Crippen LogP contribution is -2.26. The maximum atomic E-state index is 13.1. The van der Waals surface area contributed by atoms with Crippen molar-refractivity contribution in [2.75, 3.05) is 5.32 Å². The van der Waals surface area contributed by atoms with Gasteiger partial charge in [0, 0.05) is 22.9 Å². The van der Waals surface area contributed by atoms with Crippen LogP contribution in [0, 0.1) is 15.9 Å². The normalized spacial score (nSPS) is 11.4. The van der Waals surface area contributed by atoms with Crippen molar-refractivity contribution < 1.29 is 23.6 Å². The van der Waals surface area contributed by atoms with E-state index in [4.69, 9.17) is 4.74 Å². The quantitative estimate of drug-likeness (QED) is 0.359. The van der Waals surface area contributed by atoms with Crippen LogP contribution >= 0.6 is 0 Å². The SMILES string of the molecule is O=C(Cc1ccccc1[N+](=O)[O-])O[C@H](C(=O)Nc1ccc(F)cc1)c1ccccc1. The van der Waals surface area contributed by atoms with E-state index in [-0.39, 0.29) is 17.7 Å². The predicted molar refractivity (Wildman–Crippen MR) is 107 cm³/mol. The molecule has 3 rings (SSSR count). The van der Waals surface area contributed by atoms with E-state index in [9.17, 15) is 24.1 Å². The number of ether oxygens (including phenoxy) is 1. The lowest BCUT2D eigenvalue weighted by molar-refractivity contribution is -0.385. The number of halogens is 1. The Hall–Kier alpha value is -4.07. The first kappa shape index (κ1) is 20.7. The van der Waals surface area contributed by atoms with Gasteiger partial charge in [-0.1, -0.05) is 48.5 Å². The Balaban J connectivity index is 1.79. The fourth-order valence-corrected chi connectivity index (χ4v) is 2.81. The zero-order valence-corrected chi connectivity index (χ0v) is 15.7. The molecule has 0 bridgehead atoms. The van der Waals surface area contributed by atoms with Gasteiger partial charge in [0.1, 0.15) is 5.82 Å². The first-order valence-electron chi connectivity index (χ1n) is 8.97. The van der Waals surface area contributed by atoms with Crippen molar-refractivity contribution in [1.29, 1.82) is 0 Å². The number of para-hydroxylation sites is 1. The summed E-state index contributed by atoms with van der Waals surface area (Å²) >= 11 is 0. The zero-order chi connectivity index (χ0) is 21.5. The van der Waals surface area contributed by atoms with Crippen LogP contribution in [0.1, 0.15) is 17.2 Å². The standard InChI is InChI=1S/C22H17FN2O5/c23-17-10-12-18(13-11-17)24-22(27)21(15-6-2-1-3-7-15)30-20(26)14-16-8-4-5-9-19(16)25(28)29/h1-13,21H,14H2,(H,24,27)/t21-/m0/s1. The lowest BCUT2D eigenvalue weighted by atomic mass is 10.1. The monoisotopic (exact) mass is 408 g/mol. The molecule has 0 heterocycles. The van der Waals surface area contributed by atoms with Crippen molar-refractivity contribution in [3.05, 3.63) is 106 Å². The maximum absolute atomic E-state index is 13.1. The summed E-state index contributed by atoms with van der Waals surface area (Å²) in [6.45, 7) is 0. The molecule has 0 radical (unpaired) electrons. The summed E-state index contributed by atoms with van der Waals surface area (Å²) in [7, 11) is 0. The maximum Gasteiger partial charge on any atom is 0.311 e. The van der Waals surface area contributed by atoms with Gasteiger partial charge in [-0.2, -0.15) is 0 Å². The third-order valence-electron chi connectivity index (χ3n) is 4.22. The second kappa shape index (κ2) is 9.42. The third-order valence-corrected chi connectivity index (χ3v) is 4.22. The molecule has 0 aliphatic heterocycles. The Morgan fingerprint density at radius 1 is 0.967 bits per heavy atom. The number of nitrogens with zero attached hydrogens (tertiary/aromatic N) is 1. The van der Waals surface area contributed by atoms with Gasteiger partial charge in [-0.3, -0.25) is 19.7 Å². The number of nitro groups is 1. The number of nitro benzene ring substituents is 1. The summed E-state index contributed by atoms with van der Waals surface area (Å²) in [5.74, 6) is -1.89. The molecule has 1 atom stereocenters. The average molecular weight is 408 g/mol. The number of benzene rings is 3. The molecule has 3 aromatic rings. The van der Waals surface area contributed by atoms with Crippen LogP contribution in [0.5, 0.6) is 0 Å². The molecule has 0 aromatic heterocycles. The Labute approximate surface area is 171 Å². The Kier molecular flexibility index (Phi) is 6.49.